The number of amides is 1. The number of anilines is 1. The van der Waals surface area contributed by atoms with E-state index in [-0.39, 0.29) is 5.91 Å². The van der Waals surface area contributed by atoms with E-state index in [1.165, 1.54) is 0 Å². The van der Waals surface area contributed by atoms with Crippen molar-refractivity contribution in [1.29, 1.82) is 0 Å². The number of aryl methyl sites for hydroxylation is 1. The monoisotopic (exact) mass is 164 g/mol. The standard InChI is InChI=1S/C9H12N2O/c1-6-4-3-5-7(10)8(6)9(12)11-2/h3-5H,10H2,1-2H3,(H,11,12). The molecule has 0 saturated carbocycles. The van der Waals surface area contributed by atoms with Crippen LogP contribution in [0.25, 0.3) is 0 Å². The summed E-state index contributed by atoms with van der Waals surface area (Å²) in [6, 6.07) is 5.41. The number of hydrogen-bond acceptors (Lipinski definition) is 2. The van der Waals surface area contributed by atoms with Gasteiger partial charge in [-0.3, -0.25) is 4.79 Å². The van der Waals surface area contributed by atoms with Gasteiger partial charge in [-0.25, -0.2) is 0 Å². The molecule has 1 rings (SSSR count). The topological polar surface area (TPSA) is 55.1 Å². The van der Waals surface area contributed by atoms with Crippen molar-refractivity contribution in [2.45, 2.75) is 6.92 Å². The highest BCUT2D eigenvalue weighted by molar-refractivity contribution is 6.00. The van der Waals surface area contributed by atoms with E-state index >= 15 is 0 Å². The van der Waals surface area contributed by atoms with Crippen molar-refractivity contribution in [2.75, 3.05) is 12.8 Å². The Kier molecular flexibility index (Phi) is 2.33. The molecule has 0 heterocycles. The van der Waals surface area contributed by atoms with Crippen LogP contribution >= 0.6 is 0 Å². The number of carbonyl (C=O) groups is 1. The highest BCUT2D eigenvalue weighted by Gasteiger charge is 2.09. The summed E-state index contributed by atoms with van der Waals surface area (Å²) >= 11 is 0. The van der Waals surface area contributed by atoms with Gasteiger partial charge in [-0.2, -0.15) is 0 Å². The van der Waals surface area contributed by atoms with Crippen molar-refractivity contribution in [2.24, 2.45) is 0 Å². The van der Waals surface area contributed by atoms with Crippen LogP contribution in [0.5, 0.6) is 0 Å². The van der Waals surface area contributed by atoms with Crippen molar-refractivity contribution >= 4 is 11.6 Å². The van der Waals surface area contributed by atoms with E-state index in [1.54, 1.807) is 13.1 Å². The predicted molar refractivity (Wildman–Crippen MR) is 49.0 cm³/mol. The fourth-order valence-corrected chi connectivity index (χ4v) is 1.13. The van der Waals surface area contributed by atoms with Crippen molar-refractivity contribution in [3.05, 3.63) is 29.3 Å². The van der Waals surface area contributed by atoms with Crippen molar-refractivity contribution in [3.8, 4) is 0 Å². The summed E-state index contributed by atoms with van der Waals surface area (Å²) in [5, 5.41) is 2.54. The highest BCUT2D eigenvalue weighted by Crippen LogP contribution is 2.15. The molecule has 0 radical (unpaired) electrons. The van der Waals surface area contributed by atoms with Gasteiger partial charge in [0.05, 0.1) is 5.56 Å². The number of nitrogens with two attached hydrogens (primary N) is 1. The molecule has 0 atom stereocenters. The quantitative estimate of drug-likeness (QED) is 0.607. The van der Waals surface area contributed by atoms with E-state index in [2.05, 4.69) is 5.32 Å². The molecule has 0 spiro atoms. The largest absolute Gasteiger partial charge is 0.398 e. The van der Waals surface area contributed by atoms with Crippen LogP contribution in [0.2, 0.25) is 0 Å². The summed E-state index contributed by atoms with van der Waals surface area (Å²) < 4.78 is 0. The molecule has 3 N–H and O–H groups in total. The molecule has 3 nitrogen and oxygen atoms in total. The zero-order valence-corrected chi connectivity index (χ0v) is 7.22. The van der Waals surface area contributed by atoms with Crippen LogP contribution in [0.4, 0.5) is 5.69 Å². The van der Waals surface area contributed by atoms with E-state index in [9.17, 15) is 4.79 Å². The molecule has 0 fully saturated rings. The Morgan fingerprint density at radius 1 is 1.50 bits per heavy atom. The van der Waals surface area contributed by atoms with Crippen molar-refractivity contribution in [3.63, 3.8) is 0 Å². The van der Waals surface area contributed by atoms with Gasteiger partial charge in [-0.05, 0) is 18.6 Å². The minimum absolute atomic E-state index is 0.134. The Bertz CT molecular complexity index is 287. The van der Waals surface area contributed by atoms with E-state index in [4.69, 9.17) is 5.73 Å². The number of hydrogen-bond donors (Lipinski definition) is 2. The Balaban J connectivity index is 3.21. The minimum atomic E-state index is -0.134. The van der Waals surface area contributed by atoms with Crippen LogP contribution in [-0.2, 0) is 0 Å². The van der Waals surface area contributed by atoms with Gasteiger partial charge in [0.25, 0.3) is 5.91 Å². The summed E-state index contributed by atoms with van der Waals surface area (Å²) in [5.41, 5.74) is 7.63. The second-order valence-corrected chi connectivity index (χ2v) is 2.62. The highest BCUT2D eigenvalue weighted by atomic mass is 16.1. The van der Waals surface area contributed by atoms with E-state index < -0.39 is 0 Å². The third kappa shape index (κ3) is 1.39. The molecule has 0 bridgehead atoms. The zero-order valence-electron chi connectivity index (χ0n) is 7.22. The molecule has 0 aliphatic rings. The van der Waals surface area contributed by atoms with Crippen LogP contribution in [-0.4, -0.2) is 13.0 Å². The van der Waals surface area contributed by atoms with Crippen LogP contribution in [0, 0.1) is 6.92 Å². The minimum Gasteiger partial charge on any atom is -0.398 e. The van der Waals surface area contributed by atoms with E-state index in [0.29, 0.717) is 11.3 Å². The van der Waals surface area contributed by atoms with E-state index in [1.807, 2.05) is 19.1 Å². The van der Waals surface area contributed by atoms with Crippen molar-refractivity contribution in [1.82, 2.24) is 5.32 Å². The van der Waals surface area contributed by atoms with Gasteiger partial charge in [0.2, 0.25) is 0 Å². The summed E-state index contributed by atoms with van der Waals surface area (Å²) in [5.74, 6) is -0.134. The first-order chi connectivity index (χ1) is 5.66. The lowest BCUT2D eigenvalue weighted by Gasteiger charge is -2.06. The normalized spacial score (nSPS) is 9.50. The lowest BCUT2D eigenvalue weighted by molar-refractivity contribution is 0.0963. The second kappa shape index (κ2) is 3.26. The van der Waals surface area contributed by atoms with E-state index in [0.717, 1.165) is 5.56 Å². The molecular weight excluding hydrogens is 152 g/mol. The van der Waals surface area contributed by atoms with Gasteiger partial charge in [0.15, 0.2) is 0 Å². The molecule has 0 unspecified atom stereocenters. The second-order valence-electron chi connectivity index (χ2n) is 2.62. The fraction of sp³-hybridized carbons (Fsp3) is 0.222. The summed E-state index contributed by atoms with van der Waals surface area (Å²) in [6.45, 7) is 1.86. The molecule has 64 valence electrons. The Morgan fingerprint density at radius 2 is 2.17 bits per heavy atom. The Hall–Kier alpha value is -1.51. The molecule has 0 saturated heterocycles. The van der Waals surface area contributed by atoms with Gasteiger partial charge in [0.1, 0.15) is 0 Å². The number of rotatable bonds is 1. The number of nitrogen functional groups attached to an aromatic ring is 1. The maximum atomic E-state index is 11.3. The molecule has 0 aliphatic carbocycles. The average molecular weight is 164 g/mol. The smallest absolute Gasteiger partial charge is 0.253 e. The summed E-state index contributed by atoms with van der Waals surface area (Å²) in [7, 11) is 1.59. The molecule has 12 heavy (non-hydrogen) atoms. The molecule has 0 aromatic heterocycles. The number of benzene rings is 1. The molecule has 0 aliphatic heterocycles. The summed E-state index contributed by atoms with van der Waals surface area (Å²) in [4.78, 5) is 11.3. The Labute approximate surface area is 71.6 Å². The van der Waals surface area contributed by atoms with Crippen LogP contribution in [0.3, 0.4) is 0 Å². The molecule has 1 amide bonds. The third-order valence-electron chi connectivity index (χ3n) is 1.76. The average Bonchev–Trinajstić information content (AvgIpc) is 2.03. The molecule has 3 heteroatoms. The van der Waals surface area contributed by atoms with Crippen LogP contribution in [0.1, 0.15) is 15.9 Å². The maximum Gasteiger partial charge on any atom is 0.253 e. The first kappa shape index (κ1) is 8.59. The summed E-state index contributed by atoms with van der Waals surface area (Å²) in [6.07, 6.45) is 0. The zero-order chi connectivity index (χ0) is 9.14. The maximum absolute atomic E-state index is 11.3. The van der Waals surface area contributed by atoms with Crippen molar-refractivity contribution < 1.29 is 4.79 Å². The van der Waals surface area contributed by atoms with Gasteiger partial charge in [-0.1, -0.05) is 12.1 Å². The molecular formula is C9H12N2O. The number of carbonyl (C=O) groups excluding carboxylic acids is 1. The fourth-order valence-electron chi connectivity index (χ4n) is 1.13. The predicted octanol–water partition coefficient (Wildman–Crippen LogP) is 0.937. The molecule has 1 aromatic rings. The third-order valence-corrected chi connectivity index (χ3v) is 1.76. The first-order valence-corrected chi connectivity index (χ1v) is 3.74. The lowest BCUT2D eigenvalue weighted by Crippen LogP contribution is -2.20. The SMILES string of the molecule is CNC(=O)c1c(C)cccc1N. The van der Waals surface area contributed by atoms with Gasteiger partial charge in [-0.15, -0.1) is 0 Å². The van der Waals surface area contributed by atoms with Gasteiger partial charge in [0, 0.05) is 12.7 Å². The van der Waals surface area contributed by atoms with Crippen LogP contribution in [0.15, 0.2) is 18.2 Å². The number of nitrogens with one attached hydrogen (secondary N) is 1. The van der Waals surface area contributed by atoms with Gasteiger partial charge < -0.3 is 11.1 Å². The van der Waals surface area contributed by atoms with Gasteiger partial charge >= 0.3 is 0 Å². The van der Waals surface area contributed by atoms with Crippen LogP contribution < -0.4 is 11.1 Å². The lowest BCUT2D eigenvalue weighted by atomic mass is 10.1. The first-order valence-electron chi connectivity index (χ1n) is 3.74. The molecule has 1 aromatic carbocycles. The Morgan fingerprint density at radius 3 is 2.67 bits per heavy atom.